The van der Waals surface area contributed by atoms with Crippen LogP contribution in [0.3, 0.4) is 0 Å². The van der Waals surface area contributed by atoms with E-state index in [4.69, 9.17) is 34.1 Å². The molecule has 0 unspecified atom stereocenters. The van der Waals surface area contributed by atoms with Crippen molar-refractivity contribution in [2.24, 2.45) is 0 Å². The topological polar surface area (TPSA) is 241 Å². The number of carboxylic acid groups (broad SMARTS) is 1. The summed E-state index contributed by atoms with van der Waals surface area (Å²) in [6.07, 6.45) is 1.56. The smallest absolute Gasteiger partial charge is 0.870 e. The van der Waals surface area contributed by atoms with Crippen molar-refractivity contribution in [3.8, 4) is 18.2 Å². The Morgan fingerprint density at radius 3 is 1.22 bits per heavy atom. The number of esters is 3. The number of aromatic carboxylic acids is 1. The van der Waals surface area contributed by atoms with E-state index in [1.807, 2.05) is 38.1 Å². The molecule has 4 aromatic carbocycles. The number of alkyl halides is 3. The number of hydrogen-bond acceptors (Lipinski definition) is 12. The Kier molecular flexibility index (Phi) is 92.8. The second kappa shape index (κ2) is 72.5. The SMILES string of the molecule is CC(C)(C#N)c1cccc(C(=O)O)c1.CC(C)I.CCC.COC(=O)c1cccc(C(C)(C)C#N)c1.COC(=O)c1cccc(CBr)c1.COC(=O)c1cccc(CC#N)c1.[2H]CF.[C-]#N.[CH2-]C.[CH2-]C.[I][V]([I])[I].[I][V][I].[Li+].[Na+].[OH-]. The van der Waals surface area contributed by atoms with Crippen LogP contribution in [0, 0.1) is 59.7 Å². The van der Waals surface area contributed by atoms with Gasteiger partial charge in [-0.1, -0.05) is 121 Å². The van der Waals surface area contributed by atoms with Crippen LogP contribution in [0.1, 0.15) is 141 Å². The van der Waals surface area contributed by atoms with E-state index < -0.39 is 24.0 Å². The van der Waals surface area contributed by atoms with E-state index in [1.165, 1.54) is 39.9 Å². The number of carboxylic acids is 1. The molecule has 0 saturated carbocycles. The van der Waals surface area contributed by atoms with Gasteiger partial charge in [-0.25, -0.2) is 19.2 Å². The van der Waals surface area contributed by atoms with Gasteiger partial charge in [-0.3, -0.25) is 4.39 Å². The van der Waals surface area contributed by atoms with Crippen LogP contribution in [0.4, 0.5) is 4.39 Å². The van der Waals surface area contributed by atoms with Gasteiger partial charge < -0.3 is 50.5 Å². The molecule has 0 atom stereocenters. The summed E-state index contributed by atoms with van der Waals surface area (Å²) >= 11 is 17.8. The van der Waals surface area contributed by atoms with Crippen LogP contribution < -0.4 is 48.4 Å². The summed E-state index contributed by atoms with van der Waals surface area (Å²) in [5.41, 5.74) is 3.94. The Balaban J connectivity index is -0.0000000773. The van der Waals surface area contributed by atoms with Gasteiger partial charge >= 0.3 is 187 Å². The van der Waals surface area contributed by atoms with Crippen molar-refractivity contribution in [1.29, 1.82) is 21.0 Å². The Hall–Kier alpha value is 0.236. The summed E-state index contributed by atoms with van der Waals surface area (Å²) in [5.74, 6) is -2.02. The number of rotatable bonds is 8. The van der Waals surface area contributed by atoms with E-state index in [0.29, 0.717) is 32.6 Å². The Morgan fingerprint density at radius 2 is 0.962 bits per heavy atom. The average molecular weight is 1910 g/mol. The van der Waals surface area contributed by atoms with Gasteiger partial charge in [0.05, 0.1) is 87.6 Å². The van der Waals surface area contributed by atoms with Gasteiger partial charge in [0.25, 0.3) is 0 Å². The molecule has 0 saturated heterocycles. The minimum absolute atomic E-state index is 0. The molecule has 25 heteroatoms. The third-order valence-electron chi connectivity index (χ3n) is 7.53. The van der Waals surface area contributed by atoms with Crippen molar-refractivity contribution in [3.05, 3.63) is 162 Å². The van der Waals surface area contributed by atoms with Gasteiger partial charge in [0.2, 0.25) is 0 Å². The maximum absolute atomic E-state index is 11.3. The van der Waals surface area contributed by atoms with Gasteiger partial charge in [-0.15, -0.1) is 0 Å². The van der Waals surface area contributed by atoms with E-state index >= 15 is 0 Å². The third-order valence-corrected chi connectivity index (χ3v) is 8.18. The van der Waals surface area contributed by atoms with E-state index in [9.17, 15) is 23.6 Å². The fourth-order valence-corrected chi connectivity index (χ4v) is 4.59. The predicted molar refractivity (Wildman–Crippen MR) is 357 cm³/mol. The number of nitrogens with zero attached hydrogens (tertiary/aromatic N) is 4. The first kappa shape index (κ1) is 101. The van der Waals surface area contributed by atoms with Crippen LogP contribution in [0.15, 0.2) is 97.1 Å². The summed E-state index contributed by atoms with van der Waals surface area (Å²) in [6, 6.07) is 33.9. The zero-order valence-corrected chi connectivity index (χ0v) is 66.8. The Bertz CT molecular complexity index is 2310. The molecule has 0 spiro atoms. The minimum atomic E-state index is -1.00. The first-order chi connectivity index (χ1) is 36.2. The van der Waals surface area contributed by atoms with Crippen LogP contribution in [-0.2, 0) is 51.2 Å². The number of carbonyl (C=O) groups excluding carboxylic acids is 3. The van der Waals surface area contributed by atoms with Crippen molar-refractivity contribution in [3.63, 3.8) is 0 Å². The molecule has 0 aromatic heterocycles. The number of benzene rings is 4. The molecule has 0 heterocycles. The van der Waals surface area contributed by atoms with Crippen LogP contribution in [0.25, 0.3) is 0 Å². The molecule has 13 nitrogen and oxygen atoms in total. The van der Waals surface area contributed by atoms with Crippen LogP contribution in [-0.4, -0.2) is 66.9 Å². The molecule has 79 heavy (non-hydrogen) atoms. The van der Waals surface area contributed by atoms with E-state index in [2.05, 4.69) is 206 Å². The summed E-state index contributed by atoms with van der Waals surface area (Å²) in [6.45, 7) is 30.4. The number of methoxy groups -OCH3 is 3. The summed E-state index contributed by atoms with van der Waals surface area (Å²) in [5, 5.41) is 42.1. The maximum Gasteiger partial charge on any atom is 1.00 e. The van der Waals surface area contributed by atoms with E-state index in [0.717, 1.165) is 31.5 Å². The monoisotopic (exact) mass is 1910 g/mol. The van der Waals surface area contributed by atoms with Gasteiger partial charge in [0, 0.05) is 9.25 Å². The van der Waals surface area contributed by atoms with Crippen molar-refractivity contribution in [2.75, 3.05) is 28.5 Å². The molecule has 4 rings (SSSR count). The molecule has 4 aromatic rings. The molecular weight excluding hydrogens is 1840 g/mol. The molecule has 0 aliphatic carbocycles. The zero-order valence-electron chi connectivity index (χ0n) is 48.5. The number of ether oxygens (including phenoxy) is 3. The van der Waals surface area contributed by atoms with Gasteiger partial charge in [-0.2, -0.15) is 29.6 Å². The second-order valence-electron chi connectivity index (χ2n) is 14.3. The molecule has 431 valence electrons. The summed E-state index contributed by atoms with van der Waals surface area (Å²) in [4.78, 5) is 43.8. The molecular formula is C54H71BrFI6LiN4NaO9V2-2. The van der Waals surface area contributed by atoms with Crippen LogP contribution >= 0.6 is 138 Å². The number of carbonyl (C=O) groups is 4. The summed E-state index contributed by atoms with van der Waals surface area (Å²) in [7, 11) is 3.68. The van der Waals surface area contributed by atoms with Crippen LogP contribution in [0.2, 0.25) is 0 Å². The van der Waals surface area contributed by atoms with E-state index in [1.54, 1.807) is 94.4 Å². The molecule has 0 aliphatic heterocycles. The number of nitriles is 3. The van der Waals surface area contributed by atoms with Crippen molar-refractivity contribution in [1.82, 2.24) is 0 Å². The minimum Gasteiger partial charge on any atom is -0.870 e. The molecule has 0 amide bonds. The standard InChI is InChI=1S/C12H13NO2.C11H11NO2.C10H9NO2.C9H9BrO2.C3H7I.C3H8.2C2H5.CH3F.CN.5HI.Li.Na.H2O.2V/c1-12(2,8-13)10-6-4-5-9(7-10)11(14)15-3;1-11(2,7-12)9-5-3-4-8(6-9)10(13)14;1-13-10(12)9-4-2-3-8(7-9)5-6-11;1-12-9(11)8-4-2-3-7(5-8)6-10;1-3(2)4;1-3-2;4*1-2;;;;;;;;;;/h4-7H,1-3H3;3-6H,1-2H3,(H,13,14);2-4,7H,5H2,1H3;2-5H,6H2,1H3;3H,1-2H3;3H2,1-2H3;2*1H2,2H3;1H3;;5*1H;;;1H2;;/q;;;;;;2*-1;;-1;;;;;;2*+1;;+2;+3/p-6/i;;;;;;;;1D;;;;;;;;;;;. The fraction of sp³-hybridized carbons (Fsp3) is 0.370. The van der Waals surface area contributed by atoms with Crippen molar-refractivity contribution < 1.29 is 113 Å². The summed E-state index contributed by atoms with van der Waals surface area (Å²) < 4.78 is 30.0. The normalized spacial score (nSPS) is 8.53. The molecule has 0 radical (unpaired) electrons. The quantitative estimate of drug-likeness (QED) is 0.0431. The largest absolute Gasteiger partial charge is 1.00 e. The molecule has 0 fully saturated rings. The van der Waals surface area contributed by atoms with Crippen molar-refractivity contribution in [2.45, 2.75) is 102 Å². The molecule has 0 bridgehead atoms. The maximum atomic E-state index is 11.3. The zero-order chi connectivity index (χ0) is 62.2. The number of halogens is 8. The first-order valence-corrected chi connectivity index (χ1v) is 46.6. The average Bonchev–Trinajstić information content (AvgIpc) is 3.43. The molecule has 2 N–H and O–H groups in total. The van der Waals surface area contributed by atoms with Gasteiger partial charge in [-0.05, 0) is 98.5 Å². The third kappa shape index (κ3) is 62.6. The first-order valence-electron chi connectivity index (χ1n) is 22.4. The predicted octanol–water partition coefficient (Wildman–Crippen LogP) is 12.2. The fourth-order valence-electron chi connectivity index (χ4n) is 4.24. The number of hydrogen-bond donors (Lipinski definition) is 1. The Labute approximate surface area is 597 Å². The van der Waals surface area contributed by atoms with Gasteiger partial charge in [0.1, 0.15) is 0 Å². The molecule has 0 aliphatic rings. The van der Waals surface area contributed by atoms with Crippen LogP contribution in [0.5, 0.6) is 0 Å². The van der Waals surface area contributed by atoms with Crippen molar-refractivity contribution >= 4 is 162 Å². The second-order valence-corrected chi connectivity index (χ2v) is 64.5. The van der Waals surface area contributed by atoms with Gasteiger partial charge in [0.15, 0.2) is 0 Å². The Morgan fingerprint density at radius 1 is 0.722 bits per heavy atom. The van der Waals surface area contributed by atoms with E-state index in [-0.39, 0.29) is 82.3 Å².